The maximum absolute atomic E-state index is 9.58. The van der Waals surface area contributed by atoms with E-state index in [1.165, 1.54) is 0 Å². The van der Waals surface area contributed by atoms with Crippen LogP contribution in [0.15, 0.2) is 66.2 Å². The highest BCUT2D eigenvalue weighted by Gasteiger charge is 2.32. The van der Waals surface area contributed by atoms with Crippen molar-refractivity contribution in [3.63, 3.8) is 0 Å². The summed E-state index contributed by atoms with van der Waals surface area (Å²) in [4.78, 5) is 4.41. The number of rotatable bonds is 1. The fraction of sp³-hybridized carbons (Fsp3) is 0.0526. The Kier molecular flexibility index (Phi) is 3.37. The molecule has 1 atom stereocenters. The Labute approximate surface area is 143 Å². The Balaban J connectivity index is 2.02. The molecule has 4 rings (SSSR count). The predicted molar refractivity (Wildman–Crippen MR) is 92.5 cm³/mol. The number of nitrogens with two attached hydrogens (primary N) is 1. The molecule has 0 spiro atoms. The normalized spacial score (nSPS) is 16.4. The molecule has 5 heteroatoms. The number of fused-ring (bicyclic) bond motifs is 3. The highest BCUT2D eigenvalue weighted by Crippen LogP contribution is 2.44. The van der Waals surface area contributed by atoms with Crippen molar-refractivity contribution < 1.29 is 4.74 Å². The molecule has 1 aliphatic rings. The summed E-state index contributed by atoms with van der Waals surface area (Å²) in [6, 6.07) is 17.4. The first kappa shape index (κ1) is 14.6. The summed E-state index contributed by atoms with van der Waals surface area (Å²) in [5.41, 5.74) is 8.88. The lowest BCUT2D eigenvalue weighted by Gasteiger charge is -2.27. The molecule has 0 radical (unpaired) electrons. The molecule has 0 amide bonds. The summed E-state index contributed by atoms with van der Waals surface area (Å²) in [6.07, 6.45) is 1.71. The van der Waals surface area contributed by atoms with Crippen LogP contribution in [-0.4, -0.2) is 4.98 Å². The molecule has 0 bridgehead atoms. The summed E-state index contributed by atoms with van der Waals surface area (Å²) >= 11 is 6.14. The number of halogens is 1. The van der Waals surface area contributed by atoms with E-state index in [0.717, 1.165) is 22.0 Å². The fourth-order valence-electron chi connectivity index (χ4n) is 3.08. The minimum absolute atomic E-state index is 0.105. The first-order chi connectivity index (χ1) is 11.7. The molecule has 2 aromatic carbocycles. The molecule has 0 aliphatic carbocycles. The van der Waals surface area contributed by atoms with Crippen molar-refractivity contribution in [2.24, 2.45) is 5.73 Å². The van der Waals surface area contributed by atoms with Crippen LogP contribution in [0.25, 0.3) is 10.9 Å². The first-order valence-electron chi connectivity index (χ1n) is 7.39. The van der Waals surface area contributed by atoms with Gasteiger partial charge in [0.15, 0.2) is 5.75 Å². The van der Waals surface area contributed by atoms with Crippen LogP contribution in [-0.2, 0) is 0 Å². The molecular weight excluding hydrogens is 322 g/mol. The summed E-state index contributed by atoms with van der Waals surface area (Å²) in [7, 11) is 0. The second kappa shape index (κ2) is 5.55. The standard InChI is InChI=1S/C19H12ClN3O/c20-13-5-1-3-12(9-13)16-14-7-6-11-4-2-8-23-17(11)18(14)24-19(22)15(16)10-21/h1-9,16H,22H2. The van der Waals surface area contributed by atoms with Crippen molar-refractivity contribution in [2.45, 2.75) is 5.92 Å². The minimum atomic E-state index is -0.330. The van der Waals surface area contributed by atoms with E-state index in [2.05, 4.69) is 11.1 Å². The molecule has 2 N–H and O–H groups in total. The van der Waals surface area contributed by atoms with Crippen molar-refractivity contribution in [3.05, 3.63) is 82.3 Å². The predicted octanol–water partition coefficient (Wildman–Crippen LogP) is 4.11. The Morgan fingerprint density at radius 3 is 2.83 bits per heavy atom. The van der Waals surface area contributed by atoms with Gasteiger partial charge in [-0.15, -0.1) is 0 Å². The molecule has 0 saturated carbocycles. The van der Waals surface area contributed by atoms with E-state index in [1.54, 1.807) is 12.3 Å². The third-order valence-electron chi connectivity index (χ3n) is 4.14. The van der Waals surface area contributed by atoms with Gasteiger partial charge in [0.25, 0.3) is 0 Å². The van der Waals surface area contributed by atoms with E-state index in [9.17, 15) is 5.26 Å². The van der Waals surface area contributed by atoms with E-state index in [0.29, 0.717) is 16.3 Å². The fourth-order valence-corrected chi connectivity index (χ4v) is 3.28. The third-order valence-corrected chi connectivity index (χ3v) is 4.37. The van der Waals surface area contributed by atoms with Gasteiger partial charge >= 0.3 is 0 Å². The van der Waals surface area contributed by atoms with Crippen molar-refractivity contribution >= 4 is 22.5 Å². The lowest BCUT2D eigenvalue weighted by molar-refractivity contribution is 0.397. The Morgan fingerprint density at radius 2 is 2.04 bits per heavy atom. The molecule has 4 nitrogen and oxygen atoms in total. The highest BCUT2D eigenvalue weighted by atomic mass is 35.5. The zero-order valence-electron chi connectivity index (χ0n) is 12.5. The SMILES string of the molecule is N#CC1=C(N)Oc2c(ccc3cccnc23)C1c1cccc(Cl)c1. The largest absolute Gasteiger partial charge is 0.438 e. The Hall–Kier alpha value is -3.03. The van der Waals surface area contributed by atoms with Gasteiger partial charge in [0, 0.05) is 22.2 Å². The minimum Gasteiger partial charge on any atom is -0.438 e. The van der Waals surface area contributed by atoms with E-state index in [4.69, 9.17) is 22.1 Å². The average Bonchev–Trinajstić information content (AvgIpc) is 2.60. The molecule has 1 aromatic heterocycles. The van der Waals surface area contributed by atoms with E-state index < -0.39 is 0 Å². The maximum Gasteiger partial charge on any atom is 0.205 e. The molecule has 24 heavy (non-hydrogen) atoms. The van der Waals surface area contributed by atoms with Gasteiger partial charge in [-0.1, -0.05) is 41.9 Å². The van der Waals surface area contributed by atoms with Crippen LogP contribution >= 0.6 is 11.6 Å². The maximum atomic E-state index is 9.58. The lowest BCUT2D eigenvalue weighted by Crippen LogP contribution is -2.21. The number of aromatic nitrogens is 1. The first-order valence-corrected chi connectivity index (χ1v) is 7.77. The molecule has 3 aromatic rings. The van der Waals surface area contributed by atoms with Crippen molar-refractivity contribution in [1.82, 2.24) is 4.98 Å². The van der Waals surface area contributed by atoms with E-state index >= 15 is 0 Å². The van der Waals surface area contributed by atoms with Crippen LogP contribution in [0.4, 0.5) is 0 Å². The van der Waals surface area contributed by atoms with Gasteiger partial charge in [-0.25, -0.2) is 0 Å². The second-order valence-electron chi connectivity index (χ2n) is 5.54. The van der Waals surface area contributed by atoms with Gasteiger partial charge in [-0.3, -0.25) is 4.98 Å². The Bertz CT molecular complexity index is 1040. The topological polar surface area (TPSA) is 71.9 Å². The third kappa shape index (κ3) is 2.18. The average molecular weight is 334 g/mol. The molecule has 0 saturated heterocycles. The molecule has 1 aliphatic heterocycles. The summed E-state index contributed by atoms with van der Waals surface area (Å²) in [5, 5.41) is 11.1. The van der Waals surface area contributed by atoms with Crippen LogP contribution in [0.5, 0.6) is 5.75 Å². The lowest BCUT2D eigenvalue weighted by atomic mass is 9.83. The number of nitrogens with zero attached hydrogens (tertiary/aromatic N) is 2. The summed E-state index contributed by atoms with van der Waals surface area (Å²) in [5.74, 6) is 0.367. The number of allylic oxidation sites excluding steroid dienone is 1. The van der Waals surface area contributed by atoms with Crippen molar-refractivity contribution in [2.75, 3.05) is 0 Å². The molecular formula is C19H12ClN3O. The second-order valence-corrected chi connectivity index (χ2v) is 5.98. The smallest absolute Gasteiger partial charge is 0.205 e. The van der Waals surface area contributed by atoms with Crippen LogP contribution in [0, 0.1) is 11.3 Å². The number of hydrogen-bond donors (Lipinski definition) is 1. The summed E-state index contributed by atoms with van der Waals surface area (Å²) < 4.78 is 5.77. The van der Waals surface area contributed by atoms with Crippen molar-refractivity contribution in [3.8, 4) is 11.8 Å². The quantitative estimate of drug-likeness (QED) is 0.727. The van der Waals surface area contributed by atoms with Gasteiger partial charge in [0.1, 0.15) is 17.2 Å². The number of ether oxygens (including phenoxy) is 1. The van der Waals surface area contributed by atoms with Gasteiger partial charge < -0.3 is 10.5 Å². The van der Waals surface area contributed by atoms with Gasteiger partial charge in [-0.2, -0.15) is 5.26 Å². The van der Waals surface area contributed by atoms with Crippen LogP contribution < -0.4 is 10.5 Å². The van der Waals surface area contributed by atoms with Gasteiger partial charge in [0.2, 0.25) is 5.88 Å². The molecule has 1 unspecified atom stereocenters. The Morgan fingerprint density at radius 1 is 1.17 bits per heavy atom. The van der Waals surface area contributed by atoms with E-state index in [-0.39, 0.29) is 11.8 Å². The van der Waals surface area contributed by atoms with E-state index in [1.807, 2.05) is 42.5 Å². The zero-order chi connectivity index (χ0) is 16.7. The van der Waals surface area contributed by atoms with Crippen LogP contribution in [0.1, 0.15) is 17.0 Å². The molecule has 0 fully saturated rings. The monoisotopic (exact) mass is 333 g/mol. The zero-order valence-corrected chi connectivity index (χ0v) is 13.3. The molecule has 116 valence electrons. The van der Waals surface area contributed by atoms with Crippen molar-refractivity contribution in [1.29, 1.82) is 5.26 Å². The number of pyridine rings is 1. The number of nitriles is 1. The number of benzene rings is 2. The number of hydrogen-bond acceptors (Lipinski definition) is 4. The molecule has 2 heterocycles. The van der Waals surface area contributed by atoms with Crippen LogP contribution in [0.2, 0.25) is 5.02 Å². The van der Waals surface area contributed by atoms with Gasteiger partial charge in [0.05, 0.1) is 5.92 Å². The van der Waals surface area contributed by atoms with Gasteiger partial charge in [-0.05, 0) is 23.8 Å². The van der Waals surface area contributed by atoms with Crippen LogP contribution in [0.3, 0.4) is 0 Å². The highest BCUT2D eigenvalue weighted by molar-refractivity contribution is 6.30. The summed E-state index contributed by atoms with van der Waals surface area (Å²) in [6.45, 7) is 0.